The summed E-state index contributed by atoms with van der Waals surface area (Å²) in [6.07, 6.45) is 2.67. The summed E-state index contributed by atoms with van der Waals surface area (Å²) < 4.78 is 10.9. The molecule has 116 valence electrons. The van der Waals surface area contributed by atoms with Crippen LogP contribution in [0.3, 0.4) is 0 Å². The van der Waals surface area contributed by atoms with Gasteiger partial charge in [-0.25, -0.2) is 9.97 Å². The maximum atomic E-state index is 5.47. The first kappa shape index (κ1) is 14.0. The van der Waals surface area contributed by atoms with Crippen LogP contribution in [0.2, 0.25) is 0 Å². The van der Waals surface area contributed by atoms with Crippen molar-refractivity contribution in [3.63, 3.8) is 0 Å². The fraction of sp³-hybridized carbons (Fsp3) is 0.294. The first-order valence-corrected chi connectivity index (χ1v) is 7.62. The zero-order valence-electron chi connectivity index (χ0n) is 12.8. The van der Waals surface area contributed by atoms with Crippen molar-refractivity contribution in [2.45, 2.75) is 19.3 Å². The summed E-state index contributed by atoms with van der Waals surface area (Å²) in [4.78, 5) is 13.4. The zero-order chi connectivity index (χ0) is 15.6. The van der Waals surface area contributed by atoms with Gasteiger partial charge in [0.1, 0.15) is 5.82 Å². The predicted molar refractivity (Wildman–Crippen MR) is 83.7 cm³/mol. The lowest BCUT2D eigenvalue weighted by Gasteiger charge is -2.06. The molecule has 6 nitrogen and oxygen atoms in total. The Hall–Kier alpha value is -2.60. The van der Waals surface area contributed by atoms with E-state index in [0.29, 0.717) is 24.1 Å². The molecular formula is C17H16N4O2. The zero-order valence-corrected chi connectivity index (χ0v) is 12.8. The molecule has 4 rings (SSSR count). The van der Waals surface area contributed by atoms with E-state index in [1.807, 2.05) is 37.3 Å². The molecule has 3 heterocycles. The quantitative estimate of drug-likeness (QED) is 0.740. The van der Waals surface area contributed by atoms with Gasteiger partial charge in [-0.3, -0.25) is 0 Å². The number of ether oxygens (including phenoxy) is 1. The maximum Gasteiger partial charge on any atom is 0.261 e. The van der Waals surface area contributed by atoms with E-state index in [1.54, 1.807) is 6.20 Å². The van der Waals surface area contributed by atoms with Crippen molar-refractivity contribution >= 4 is 0 Å². The minimum absolute atomic E-state index is 0.207. The lowest BCUT2D eigenvalue weighted by atomic mass is 10.1. The minimum Gasteiger partial charge on any atom is -0.381 e. The molecule has 0 radical (unpaired) electrons. The molecule has 1 atom stereocenters. The third kappa shape index (κ3) is 2.73. The second-order valence-corrected chi connectivity index (χ2v) is 5.56. The van der Waals surface area contributed by atoms with Gasteiger partial charge in [0.25, 0.3) is 5.89 Å². The Labute approximate surface area is 133 Å². The monoisotopic (exact) mass is 308 g/mol. The van der Waals surface area contributed by atoms with Crippen LogP contribution in [0.1, 0.15) is 24.0 Å². The molecule has 0 aliphatic carbocycles. The molecule has 1 saturated heterocycles. The Bertz CT molecular complexity index is 810. The number of hydrogen-bond donors (Lipinski definition) is 0. The molecule has 6 heteroatoms. The molecule has 2 aromatic heterocycles. The van der Waals surface area contributed by atoms with Crippen molar-refractivity contribution in [1.82, 2.24) is 20.1 Å². The van der Waals surface area contributed by atoms with Crippen LogP contribution in [0.15, 0.2) is 41.1 Å². The van der Waals surface area contributed by atoms with Crippen LogP contribution in [0, 0.1) is 6.92 Å². The van der Waals surface area contributed by atoms with Gasteiger partial charge >= 0.3 is 0 Å². The van der Waals surface area contributed by atoms with Gasteiger partial charge in [0.2, 0.25) is 0 Å². The van der Waals surface area contributed by atoms with Gasteiger partial charge < -0.3 is 9.26 Å². The highest BCUT2D eigenvalue weighted by Gasteiger charge is 2.24. The summed E-state index contributed by atoms with van der Waals surface area (Å²) in [6.45, 7) is 3.26. The van der Waals surface area contributed by atoms with Gasteiger partial charge in [0.05, 0.1) is 17.9 Å². The number of hydrogen-bond acceptors (Lipinski definition) is 6. The average molecular weight is 308 g/mol. The number of nitrogens with zero attached hydrogens (tertiary/aromatic N) is 4. The normalized spacial score (nSPS) is 17.5. The fourth-order valence-corrected chi connectivity index (χ4v) is 2.69. The van der Waals surface area contributed by atoms with Gasteiger partial charge in [0, 0.05) is 24.3 Å². The predicted octanol–water partition coefficient (Wildman–Crippen LogP) is 3.01. The smallest absolute Gasteiger partial charge is 0.261 e. The maximum absolute atomic E-state index is 5.47. The summed E-state index contributed by atoms with van der Waals surface area (Å²) in [5.74, 6) is 2.05. The molecule has 23 heavy (non-hydrogen) atoms. The number of aromatic nitrogens is 4. The molecule has 1 fully saturated rings. The highest BCUT2D eigenvalue weighted by Crippen LogP contribution is 2.31. The van der Waals surface area contributed by atoms with Gasteiger partial charge in [-0.2, -0.15) is 4.98 Å². The summed E-state index contributed by atoms with van der Waals surface area (Å²) in [5, 5.41) is 4.11. The highest BCUT2D eigenvalue weighted by molar-refractivity contribution is 5.75. The Morgan fingerprint density at radius 2 is 2.00 bits per heavy atom. The van der Waals surface area contributed by atoms with E-state index in [0.717, 1.165) is 29.8 Å². The third-order valence-electron chi connectivity index (χ3n) is 3.92. The summed E-state index contributed by atoms with van der Waals surface area (Å²) in [7, 11) is 0. The second-order valence-electron chi connectivity index (χ2n) is 5.56. The van der Waals surface area contributed by atoms with E-state index in [4.69, 9.17) is 9.26 Å². The van der Waals surface area contributed by atoms with Gasteiger partial charge in [-0.15, -0.1) is 0 Å². The molecule has 1 aliphatic rings. The van der Waals surface area contributed by atoms with Crippen molar-refractivity contribution in [3.05, 3.63) is 48.2 Å². The van der Waals surface area contributed by atoms with E-state index < -0.39 is 0 Å². The Balaban J connectivity index is 1.77. The average Bonchev–Trinajstić information content (AvgIpc) is 3.27. The molecule has 1 aromatic carbocycles. The van der Waals surface area contributed by atoms with E-state index in [9.17, 15) is 0 Å². The standard InChI is InChI=1S/C17H16N4O2/c1-11-18-9-14(15(19-11)12-5-3-2-4-6-12)17-20-16(21-23-17)13-7-8-22-10-13/h2-6,9,13H,7-8,10H2,1H3/t13-/m1/s1. The van der Waals surface area contributed by atoms with Crippen LogP contribution < -0.4 is 0 Å². The Kier molecular flexibility index (Phi) is 3.59. The van der Waals surface area contributed by atoms with Crippen LogP contribution >= 0.6 is 0 Å². The molecule has 0 saturated carbocycles. The molecule has 0 N–H and O–H groups in total. The number of benzene rings is 1. The first-order valence-electron chi connectivity index (χ1n) is 7.62. The molecule has 0 amide bonds. The van der Waals surface area contributed by atoms with Crippen LogP contribution in [0.5, 0.6) is 0 Å². The SMILES string of the molecule is Cc1ncc(-c2nc([C@@H]3CCOC3)no2)c(-c2ccccc2)n1. The van der Waals surface area contributed by atoms with Gasteiger partial charge in [0.15, 0.2) is 5.82 Å². The molecule has 0 bridgehead atoms. The molecule has 0 spiro atoms. The summed E-state index contributed by atoms with van der Waals surface area (Å²) >= 11 is 0. The van der Waals surface area contributed by atoms with Crippen molar-refractivity contribution < 1.29 is 9.26 Å². The summed E-state index contributed by atoms with van der Waals surface area (Å²) in [6, 6.07) is 9.94. The third-order valence-corrected chi connectivity index (χ3v) is 3.92. The van der Waals surface area contributed by atoms with E-state index in [1.165, 1.54) is 0 Å². The number of rotatable bonds is 3. The molecule has 1 aliphatic heterocycles. The highest BCUT2D eigenvalue weighted by atomic mass is 16.5. The molecule has 0 unspecified atom stereocenters. The second kappa shape index (κ2) is 5.89. The van der Waals surface area contributed by atoms with E-state index >= 15 is 0 Å². The molecular weight excluding hydrogens is 292 g/mol. The van der Waals surface area contributed by atoms with Crippen LogP contribution in [0.4, 0.5) is 0 Å². The number of aryl methyl sites for hydroxylation is 1. The lowest BCUT2D eigenvalue weighted by molar-refractivity contribution is 0.192. The van der Waals surface area contributed by atoms with Crippen molar-refractivity contribution in [2.75, 3.05) is 13.2 Å². The Morgan fingerprint density at radius 1 is 1.13 bits per heavy atom. The van der Waals surface area contributed by atoms with Crippen LogP contribution in [0.25, 0.3) is 22.7 Å². The van der Waals surface area contributed by atoms with Crippen molar-refractivity contribution in [3.8, 4) is 22.7 Å². The van der Waals surface area contributed by atoms with Crippen LogP contribution in [-0.4, -0.2) is 33.3 Å². The van der Waals surface area contributed by atoms with Gasteiger partial charge in [-0.05, 0) is 13.3 Å². The van der Waals surface area contributed by atoms with Gasteiger partial charge in [-0.1, -0.05) is 35.5 Å². The topological polar surface area (TPSA) is 73.9 Å². The lowest BCUT2D eigenvalue weighted by Crippen LogP contribution is -2.00. The summed E-state index contributed by atoms with van der Waals surface area (Å²) in [5.41, 5.74) is 2.55. The first-order chi connectivity index (χ1) is 11.3. The van der Waals surface area contributed by atoms with Crippen molar-refractivity contribution in [2.24, 2.45) is 0 Å². The fourth-order valence-electron chi connectivity index (χ4n) is 2.69. The van der Waals surface area contributed by atoms with E-state index in [-0.39, 0.29) is 5.92 Å². The van der Waals surface area contributed by atoms with Crippen molar-refractivity contribution in [1.29, 1.82) is 0 Å². The Morgan fingerprint density at radius 3 is 2.78 bits per heavy atom. The van der Waals surface area contributed by atoms with Crippen LogP contribution in [-0.2, 0) is 4.74 Å². The molecule has 3 aromatic rings. The largest absolute Gasteiger partial charge is 0.381 e. The van der Waals surface area contributed by atoms with E-state index in [2.05, 4.69) is 20.1 Å². The minimum atomic E-state index is 0.207.